The molecule has 0 aliphatic heterocycles. The number of aliphatic hydroxyl groups is 1. The van der Waals surface area contributed by atoms with E-state index < -0.39 is 5.60 Å². The highest BCUT2D eigenvalue weighted by Gasteiger charge is 2.10. The summed E-state index contributed by atoms with van der Waals surface area (Å²) >= 11 is 0. The van der Waals surface area contributed by atoms with Crippen molar-refractivity contribution in [2.45, 2.75) is 39.2 Å². The topological polar surface area (TPSA) is 20.2 Å². The van der Waals surface area contributed by atoms with Gasteiger partial charge in [0.2, 0.25) is 0 Å². The van der Waals surface area contributed by atoms with Gasteiger partial charge in [0.25, 0.3) is 0 Å². The predicted octanol–water partition coefficient (Wildman–Crippen LogP) is 2.11. The lowest BCUT2D eigenvalue weighted by Gasteiger charge is -2.15. The standard InChI is InChI=1S/C8H16O/c1-7(2)5-6-8(3,4)9/h9H,1,5-6H2,2-4H3. The molecule has 0 aliphatic carbocycles. The fraction of sp³-hybridized carbons (Fsp3) is 0.750. The summed E-state index contributed by atoms with van der Waals surface area (Å²) in [4.78, 5) is 0. The zero-order valence-electron chi connectivity index (χ0n) is 6.57. The van der Waals surface area contributed by atoms with Crippen LogP contribution in [-0.4, -0.2) is 10.7 Å². The average Bonchev–Trinajstić information content (AvgIpc) is 1.59. The highest BCUT2D eigenvalue weighted by atomic mass is 16.3. The van der Waals surface area contributed by atoms with Crippen LogP contribution in [0, 0.1) is 0 Å². The van der Waals surface area contributed by atoms with E-state index >= 15 is 0 Å². The first-order chi connectivity index (χ1) is 3.92. The van der Waals surface area contributed by atoms with E-state index in [0.717, 1.165) is 18.4 Å². The summed E-state index contributed by atoms with van der Waals surface area (Å²) in [7, 11) is 0. The van der Waals surface area contributed by atoms with Crippen LogP contribution < -0.4 is 0 Å². The van der Waals surface area contributed by atoms with E-state index in [1.54, 1.807) is 0 Å². The van der Waals surface area contributed by atoms with Crippen LogP contribution in [0.1, 0.15) is 33.6 Å². The normalized spacial score (nSPS) is 11.6. The van der Waals surface area contributed by atoms with Crippen molar-refractivity contribution in [2.75, 3.05) is 0 Å². The predicted molar refractivity (Wildman–Crippen MR) is 40.3 cm³/mol. The Kier molecular flexibility index (Phi) is 2.92. The van der Waals surface area contributed by atoms with Gasteiger partial charge < -0.3 is 5.11 Å². The van der Waals surface area contributed by atoms with Gasteiger partial charge in [0.05, 0.1) is 5.60 Å². The first kappa shape index (κ1) is 8.70. The summed E-state index contributed by atoms with van der Waals surface area (Å²) in [5, 5.41) is 9.23. The molecule has 1 heteroatoms. The quantitative estimate of drug-likeness (QED) is 0.577. The van der Waals surface area contributed by atoms with Gasteiger partial charge in [0, 0.05) is 0 Å². The Morgan fingerprint density at radius 1 is 1.56 bits per heavy atom. The Hall–Kier alpha value is -0.300. The molecule has 0 saturated heterocycles. The molecule has 0 aromatic carbocycles. The Labute approximate surface area is 57.4 Å². The van der Waals surface area contributed by atoms with Crippen LogP contribution in [0.4, 0.5) is 0 Å². The first-order valence-electron chi connectivity index (χ1n) is 3.28. The molecule has 0 atom stereocenters. The summed E-state index contributed by atoms with van der Waals surface area (Å²) in [6.45, 7) is 9.36. The molecule has 0 saturated carbocycles. The zero-order chi connectivity index (χ0) is 7.49. The van der Waals surface area contributed by atoms with Gasteiger partial charge in [-0.05, 0) is 33.6 Å². The molecule has 0 rings (SSSR count). The molecule has 1 N–H and O–H groups in total. The second-order valence-electron chi connectivity index (χ2n) is 3.27. The van der Waals surface area contributed by atoms with Crippen molar-refractivity contribution in [3.8, 4) is 0 Å². The minimum atomic E-state index is -0.529. The molecular formula is C8H16O. The van der Waals surface area contributed by atoms with Gasteiger partial charge in [0.15, 0.2) is 0 Å². The zero-order valence-corrected chi connectivity index (χ0v) is 6.57. The van der Waals surface area contributed by atoms with Crippen LogP contribution in [0.15, 0.2) is 12.2 Å². The van der Waals surface area contributed by atoms with Gasteiger partial charge in [-0.3, -0.25) is 0 Å². The maximum absolute atomic E-state index is 9.23. The molecule has 0 spiro atoms. The van der Waals surface area contributed by atoms with Gasteiger partial charge in [-0.2, -0.15) is 0 Å². The molecular weight excluding hydrogens is 112 g/mol. The Balaban J connectivity index is 3.39. The lowest BCUT2D eigenvalue weighted by Crippen LogP contribution is -2.17. The number of rotatable bonds is 3. The highest BCUT2D eigenvalue weighted by molar-refractivity contribution is 4.89. The van der Waals surface area contributed by atoms with Crippen LogP contribution in [0.3, 0.4) is 0 Å². The fourth-order valence-corrected chi connectivity index (χ4v) is 0.519. The number of allylic oxidation sites excluding steroid dienone is 1. The van der Waals surface area contributed by atoms with E-state index in [2.05, 4.69) is 6.58 Å². The van der Waals surface area contributed by atoms with Crippen molar-refractivity contribution in [1.82, 2.24) is 0 Å². The van der Waals surface area contributed by atoms with Crippen molar-refractivity contribution >= 4 is 0 Å². The third-order valence-electron chi connectivity index (χ3n) is 1.16. The molecule has 54 valence electrons. The number of hydrogen-bond donors (Lipinski definition) is 1. The van der Waals surface area contributed by atoms with Crippen molar-refractivity contribution in [3.05, 3.63) is 12.2 Å². The minimum absolute atomic E-state index is 0.529. The lowest BCUT2D eigenvalue weighted by molar-refractivity contribution is 0.0714. The van der Waals surface area contributed by atoms with E-state index in [0.29, 0.717) is 0 Å². The smallest absolute Gasteiger partial charge is 0.0594 e. The average molecular weight is 128 g/mol. The van der Waals surface area contributed by atoms with Crippen LogP contribution in [0.2, 0.25) is 0 Å². The third-order valence-corrected chi connectivity index (χ3v) is 1.16. The van der Waals surface area contributed by atoms with Crippen molar-refractivity contribution in [1.29, 1.82) is 0 Å². The Morgan fingerprint density at radius 3 is 2.11 bits per heavy atom. The highest BCUT2D eigenvalue weighted by Crippen LogP contribution is 2.13. The Bertz CT molecular complexity index is 97.6. The summed E-state index contributed by atoms with van der Waals surface area (Å²) in [5.74, 6) is 0. The molecule has 0 unspecified atom stereocenters. The first-order valence-corrected chi connectivity index (χ1v) is 3.28. The molecule has 0 amide bonds. The molecule has 0 aromatic heterocycles. The summed E-state index contributed by atoms with van der Waals surface area (Å²) in [6.07, 6.45) is 1.73. The van der Waals surface area contributed by atoms with E-state index in [1.165, 1.54) is 0 Å². The van der Waals surface area contributed by atoms with Crippen LogP contribution in [0.5, 0.6) is 0 Å². The summed E-state index contributed by atoms with van der Waals surface area (Å²) < 4.78 is 0. The maximum Gasteiger partial charge on any atom is 0.0594 e. The van der Waals surface area contributed by atoms with Crippen LogP contribution in [0.25, 0.3) is 0 Å². The largest absolute Gasteiger partial charge is 0.390 e. The molecule has 0 aliphatic rings. The van der Waals surface area contributed by atoms with Crippen LogP contribution >= 0.6 is 0 Å². The van der Waals surface area contributed by atoms with Crippen molar-refractivity contribution in [3.63, 3.8) is 0 Å². The minimum Gasteiger partial charge on any atom is -0.390 e. The third kappa shape index (κ3) is 7.70. The monoisotopic (exact) mass is 128 g/mol. The fourth-order valence-electron chi connectivity index (χ4n) is 0.519. The molecule has 0 aromatic rings. The van der Waals surface area contributed by atoms with Gasteiger partial charge in [-0.15, -0.1) is 6.58 Å². The second-order valence-corrected chi connectivity index (χ2v) is 3.27. The molecule has 0 bridgehead atoms. The van der Waals surface area contributed by atoms with Gasteiger partial charge in [-0.1, -0.05) is 5.57 Å². The van der Waals surface area contributed by atoms with Gasteiger partial charge >= 0.3 is 0 Å². The van der Waals surface area contributed by atoms with Crippen molar-refractivity contribution in [2.24, 2.45) is 0 Å². The second kappa shape index (κ2) is 3.02. The van der Waals surface area contributed by atoms with Crippen molar-refractivity contribution < 1.29 is 5.11 Å². The van der Waals surface area contributed by atoms with E-state index in [9.17, 15) is 5.11 Å². The molecule has 9 heavy (non-hydrogen) atoms. The molecule has 1 nitrogen and oxygen atoms in total. The maximum atomic E-state index is 9.23. The summed E-state index contributed by atoms with van der Waals surface area (Å²) in [6, 6.07) is 0. The SMILES string of the molecule is C=C(C)CCC(C)(C)O. The molecule has 0 radical (unpaired) electrons. The Morgan fingerprint density at radius 2 is 2.00 bits per heavy atom. The lowest BCUT2D eigenvalue weighted by atomic mass is 10.0. The molecule has 0 fully saturated rings. The van der Waals surface area contributed by atoms with Crippen LogP contribution in [-0.2, 0) is 0 Å². The van der Waals surface area contributed by atoms with Gasteiger partial charge in [-0.25, -0.2) is 0 Å². The molecule has 0 heterocycles. The van der Waals surface area contributed by atoms with E-state index in [-0.39, 0.29) is 0 Å². The number of hydrogen-bond acceptors (Lipinski definition) is 1. The summed E-state index contributed by atoms with van der Waals surface area (Å²) in [5.41, 5.74) is 0.607. The van der Waals surface area contributed by atoms with E-state index in [4.69, 9.17) is 0 Å². The van der Waals surface area contributed by atoms with E-state index in [1.807, 2.05) is 20.8 Å². The van der Waals surface area contributed by atoms with Gasteiger partial charge in [0.1, 0.15) is 0 Å².